The Balaban J connectivity index is 1.81. The molecule has 0 aliphatic carbocycles. The van der Waals surface area contributed by atoms with Crippen molar-refractivity contribution in [2.75, 3.05) is 25.0 Å². The SMILES string of the molecule is CCCNC(=O)CNC(=O)C1CNc2ccccc2O1. The highest BCUT2D eigenvalue weighted by Gasteiger charge is 2.25. The third kappa shape index (κ3) is 3.63. The number of rotatable bonds is 5. The van der Waals surface area contributed by atoms with Crippen LogP contribution in [0.2, 0.25) is 0 Å². The van der Waals surface area contributed by atoms with Gasteiger partial charge in [-0.25, -0.2) is 0 Å². The van der Waals surface area contributed by atoms with Crippen molar-refractivity contribution in [2.24, 2.45) is 0 Å². The topological polar surface area (TPSA) is 79.5 Å². The van der Waals surface area contributed by atoms with Gasteiger partial charge in [0.1, 0.15) is 5.75 Å². The minimum Gasteiger partial charge on any atom is -0.477 e. The summed E-state index contributed by atoms with van der Waals surface area (Å²) in [6.07, 6.45) is 0.246. The summed E-state index contributed by atoms with van der Waals surface area (Å²) in [4.78, 5) is 23.3. The number of carbonyl (C=O) groups is 2. The smallest absolute Gasteiger partial charge is 0.263 e. The van der Waals surface area contributed by atoms with Crippen molar-refractivity contribution in [1.29, 1.82) is 0 Å². The Bertz CT molecular complexity index is 490. The van der Waals surface area contributed by atoms with Crippen LogP contribution in [0, 0.1) is 0 Å². The van der Waals surface area contributed by atoms with Crippen molar-refractivity contribution in [2.45, 2.75) is 19.4 Å². The van der Waals surface area contributed by atoms with Crippen molar-refractivity contribution >= 4 is 17.5 Å². The molecule has 3 N–H and O–H groups in total. The predicted molar refractivity (Wildman–Crippen MR) is 75.7 cm³/mol. The molecule has 0 saturated carbocycles. The Morgan fingerprint density at radius 2 is 2.15 bits per heavy atom. The highest BCUT2D eigenvalue weighted by Crippen LogP contribution is 2.27. The van der Waals surface area contributed by atoms with Crippen molar-refractivity contribution in [3.63, 3.8) is 0 Å². The molecule has 1 aliphatic rings. The summed E-state index contributed by atoms with van der Waals surface area (Å²) in [5.41, 5.74) is 0.872. The number of hydrogen-bond acceptors (Lipinski definition) is 4. The van der Waals surface area contributed by atoms with Gasteiger partial charge >= 0.3 is 0 Å². The molecule has 0 radical (unpaired) electrons. The van der Waals surface area contributed by atoms with Crippen molar-refractivity contribution in [1.82, 2.24) is 10.6 Å². The molecule has 6 nitrogen and oxygen atoms in total. The number of amides is 2. The van der Waals surface area contributed by atoms with E-state index in [4.69, 9.17) is 4.74 Å². The maximum absolute atomic E-state index is 11.9. The maximum Gasteiger partial charge on any atom is 0.263 e. The number of fused-ring (bicyclic) bond motifs is 1. The lowest BCUT2D eigenvalue weighted by Crippen LogP contribution is -2.47. The molecule has 0 spiro atoms. The second-order valence-electron chi connectivity index (χ2n) is 4.55. The quantitative estimate of drug-likeness (QED) is 0.732. The lowest BCUT2D eigenvalue weighted by molar-refractivity contribution is -0.130. The lowest BCUT2D eigenvalue weighted by Gasteiger charge is -2.26. The van der Waals surface area contributed by atoms with Crippen LogP contribution < -0.4 is 20.7 Å². The van der Waals surface area contributed by atoms with Gasteiger partial charge in [-0.2, -0.15) is 0 Å². The molecule has 2 rings (SSSR count). The van der Waals surface area contributed by atoms with Crippen LogP contribution in [0.15, 0.2) is 24.3 Å². The number of benzene rings is 1. The van der Waals surface area contributed by atoms with Gasteiger partial charge < -0.3 is 20.7 Å². The number of carbonyl (C=O) groups excluding carboxylic acids is 2. The summed E-state index contributed by atoms with van der Waals surface area (Å²) in [7, 11) is 0. The molecule has 0 bridgehead atoms. The van der Waals surface area contributed by atoms with Gasteiger partial charge in [-0.05, 0) is 18.6 Å². The summed E-state index contributed by atoms with van der Waals surface area (Å²) in [5.74, 6) is 0.164. The first-order valence-electron chi connectivity index (χ1n) is 6.74. The third-order valence-corrected chi connectivity index (χ3v) is 2.92. The van der Waals surface area contributed by atoms with Crippen LogP contribution in [0.4, 0.5) is 5.69 Å². The van der Waals surface area contributed by atoms with Gasteiger partial charge in [-0.1, -0.05) is 19.1 Å². The fraction of sp³-hybridized carbons (Fsp3) is 0.429. The van der Waals surface area contributed by atoms with E-state index in [2.05, 4.69) is 16.0 Å². The summed E-state index contributed by atoms with van der Waals surface area (Å²) >= 11 is 0. The van der Waals surface area contributed by atoms with Gasteiger partial charge in [-0.3, -0.25) is 9.59 Å². The Hall–Kier alpha value is -2.24. The molecule has 2 amide bonds. The average Bonchev–Trinajstić information content (AvgIpc) is 2.50. The molecule has 0 fully saturated rings. The number of ether oxygens (including phenoxy) is 1. The van der Waals surface area contributed by atoms with E-state index in [0.717, 1.165) is 12.1 Å². The zero-order valence-corrected chi connectivity index (χ0v) is 11.4. The summed E-state index contributed by atoms with van der Waals surface area (Å²) < 4.78 is 5.60. The summed E-state index contributed by atoms with van der Waals surface area (Å²) in [5, 5.41) is 8.40. The van der Waals surface area contributed by atoms with E-state index in [1.165, 1.54) is 0 Å². The Morgan fingerprint density at radius 1 is 1.35 bits per heavy atom. The van der Waals surface area contributed by atoms with E-state index in [0.29, 0.717) is 18.8 Å². The fourth-order valence-corrected chi connectivity index (χ4v) is 1.87. The first-order chi connectivity index (χ1) is 9.70. The summed E-state index contributed by atoms with van der Waals surface area (Å²) in [6.45, 7) is 2.95. The van der Waals surface area contributed by atoms with E-state index in [1.807, 2.05) is 25.1 Å². The molecule has 1 aliphatic heterocycles. The van der Waals surface area contributed by atoms with Crippen LogP contribution in [0.1, 0.15) is 13.3 Å². The first-order valence-corrected chi connectivity index (χ1v) is 6.74. The second kappa shape index (κ2) is 6.79. The molecule has 0 saturated heterocycles. The Labute approximate surface area is 117 Å². The van der Waals surface area contributed by atoms with E-state index >= 15 is 0 Å². The van der Waals surface area contributed by atoms with Gasteiger partial charge in [0.05, 0.1) is 18.8 Å². The van der Waals surface area contributed by atoms with E-state index < -0.39 is 6.10 Å². The number of anilines is 1. The summed E-state index contributed by atoms with van der Waals surface area (Å²) in [6, 6.07) is 7.43. The van der Waals surface area contributed by atoms with Crippen LogP contribution >= 0.6 is 0 Å². The van der Waals surface area contributed by atoms with Crippen LogP contribution in [0.3, 0.4) is 0 Å². The van der Waals surface area contributed by atoms with Crippen LogP contribution in [-0.2, 0) is 9.59 Å². The molecule has 1 atom stereocenters. The lowest BCUT2D eigenvalue weighted by atomic mass is 10.2. The van der Waals surface area contributed by atoms with E-state index in [9.17, 15) is 9.59 Å². The first kappa shape index (κ1) is 14.2. The van der Waals surface area contributed by atoms with Crippen LogP contribution in [-0.4, -0.2) is 37.6 Å². The third-order valence-electron chi connectivity index (χ3n) is 2.92. The zero-order valence-electron chi connectivity index (χ0n) is 11.4. The number of hydrogen-bond donors (Lipinski definition) is 3. The average molecular weight is 277 g/mol. The molecular weight excluding hydrogens is 258 g/mol. The largest absolute Gasteiger partial charge is 0.477 e. The van der Waals surface area contributed by atoms with Crippen LogP contribution in [0.5, 0.6) is 5.75 Å². The second-order valence-corrected chi connectivity index (χ2v) is 4.55. The van der Waals surface area contributed by atoms with Gasteiger partial charge in [0, 0.05) is 6.54 Å². The van der Waals surface area contributed by atoms with Gasteiger partial charge in [0.15, 0.2) is 6.10 Å². The Kier molecular flexibility index (Phi) is 4.81. The number of para-hydroxylation sites is 2. The molecular formula is C14H19N3O3. The normalized spacial score (nSPS) is 16.4. The highest BCUT2D eigenvalue weighted by atomic mass is 16.5. The maximum atomic E-state index is 11.9. The van der Waals surface area contributed by atoms with Crippen molar-refractivity contribution in [3.05, 3.63) is 24.3 Å². The minimum atomic E-state index is -0.621. The van der Waals surface area contributed by atoms with Crippen molar-refractivity contribution in [3.8, 4) is 5.75 Å². The molecule has 20 heavy (non-hydrogen) atoms. The predicted octanol–water partition coefficient (Wildman–Crippen LogP) is 0.502. The molecule has 1 unspecified atom stereocenters. The van der Waals surface area contributed by atoms with Gasteiger partial charge in [0.2, 0.25) is 5.91 Å². The molecule has 0 aromatic heterocycles. The van der Waals surface area contributed by atoms with E-state index in [1.54, 1.807) is 6.07 Å². The van der Waals surface area contributed by atoms with Crippen molar-refractivity contribution < 1.29 is 14.3 Å². The van der Waals surface area contributed by atoms with E-state index in [-0.39, 0.29) is 18.4 Å². The van der Waals surface area contributed by atoms with Gasteiger partial charge in [0.25, 0.3) is 5.91 Å². The standard InChI is InChI=1S/C14H19N3O3/c1-2-7-15-13(18)9-17-14(19)12-8-16-10-5-3-4-6-11(10)20-12/h3-6,12,16H,2,7-9H2,1H3,(H,15,18)(H,17,19). The zero-order chi connectivity index (χ0) is 14.4. The fourth-order valence-electron chi connectivity index (χ4n) is 1.87. The highest BCUT2D eigenvalue weighted by molar-refractivity contribution is 5.88. The molecule has 108 valence electrons. The molecule has 1 heterocycles. The number of nitrogens with one attached hydrogen (secondary N) is 3. The Morgan fingerprint density at radius 3 is 2.95 bits per heavy atom. The molecule has 1 aromatic rings. The molecule has 1 aromatic carbocycles. The molecule has 6 heteroatoms. The van der Waals surface area contributed by atoms with Gasteiger partial charge in [-0.15, -0.1) is 0 Å². The van der Waals surface area contributed by atoms with Crippen LogP contribution in [0.25, 0.3) is 0 Å². The minimum absolute atomic E-state index is 0.0274. The monoisotopic (exact) mass is 277 g/mol.